The van der Waals surface area contributed by atoms with E-state index >= 15 is 0 Å². The molecule has 0 unspecified atom stereocenters. The largest absolute Gasteiger partial charge is 0.326 e. The molecule has 0 spiro atoms. The lowest BCUT2D eigenvalue weighted by atomic mass is 10.2. The number of hydrogen-bond acceptors (Lipinski definition) is 5. The Morgan fingerprint density at radius 3 is 2.30 bits per heavy atom. The summed E-state index contributed by atoms with van der Waals surface area (Å²) in [6, 6.07) is 7.01. The molecule has 0 aliphatic heterocycles. The highest BCUT2D eigenvalue weighted by Gasteiger charge is 2.09. The summed E-state index contributed by atoms with van der Waals surface area (Å²) in [5.74, 6) is -0.215. The van der Waals surface area contributed by atoms with Gasteiger partial charge in [0.2, 0.25) is 11.8 Å². The highest BCUT2D eigenvalue weighted by atomic mass is 32.1. The van der Waals surface area contributed by atoms with Crippen molar-refractivity contribution in [2.75, 3.05) is 24.2 Å². The maximum absolute atomic E-state index is 12.0. The van der Waals surface area contributed by atoms with E-state index in [9.17, 15) is 9.59 Å². The molecule has 23 heavy (non-hydrogen) atoms. The Morgan fingerprint density at radius 1 is 1.17 bits per heavy atom. The second-order valence-electron chi connectivity index (χ2n) is 5.34. The molecule has 2 amide bonds. The molecular formula is C16H20N4O2S. The first kappa shape index (κ1) is 17.1. The second-order valence-corrected chi connectivity index (χ2v) is 6.40. The van der Waals surface area contributed by atoms with E-state index in [1.165, 1.54) is 6.92 Å². The van der Waals surface area contributed by atoms with E-state index in [0.717, 1.165) is 10.7 Å². The molecule has 2 aromatic rings. The SMILES string of the molecule is CC(=O)Nc1ccc(NC(=O)CN(C)Cc2csc(C)n2)cc1. The summed E-state index contributed by atoms with van der Waals surface area (Å²) in [7, 11) is 1.88. The van der Waals surface area contributed by atoms with E-state index in [1.54, 1.807) is 35.6 Å². The van der Waals surface area contributed by atoms with E-state index in [2.05, 4.69) is 15.6 Å². The number of likely N-dealkylation sites (N-methyl/N-ethyl adjacent to an activating group) is 1. The Morgan fingerprint density at radius 2 is 1.78 bits per heavy atom. The minimum Gasteiger partial charge on any atom is -0.326 e. The molecule has 0 saturated carbocycles. The predicted molar refractivity (Wildman–Crippen MR) is 92.6 cm³/mol. The smallest absolute Gasteiger partial charge is 0.238 e. The van der Waals surface area contributed by atoms with E-state index in [4.69, 9.17) is 0 Å². The molecule has 0 fully saturated rings. The van der Waals surface area contributed by atoms with E-state index in [1.807, 2.05) is 24.3 Å². The van der Waals surface area contributed by atoms with Crippen LogP contribution in [0.4, 0.5) is 11.4 Å². The molecule has 0 aliphatic rings. The highest BCUT2D eigenvalue weighted by molar-refractivity contribution is 7.09. The van der Waals surface area contributed by atoms with Gasteiger partial charge in [0.15, 0.2) is 0 Å². The normalized spacial score (nSPS) is 10.6. The van der Waals surface area contributed by atoms with Crippen LogP contribution in [0.1, 0.15) is 17.6 Å². The molecule has 0 aliphatic carbocycles. The molecule has 1 aromatic carbocycles. The average Bonchev–Trinajstić information content (AvgIpc) is 2.85. The first-order chi connectivity index (χ1) is 10.9. The van der Waals surface area contributed by atoms with Crippen LogP contribution in [0.2, 0.25) is 0 Å². The van der Waals surface area contributed by atoms with Crippen LogP contribution in [0.25, 0.3) is 0 Å². The Kier molecular flexibility index (Phi) is 5.84. The number of benzene rings is 1. The molecule has 2 rings (SSSR count). The summed E-state index contributed by atoms with van der Waals surface area (Å²) in [4.78, 5) is 29.3. The topological polar surface area (TPSA) is 74.3 Å². The summed E-state index contributed by atoms with van der Waals surface area (Å²) >= 11 is 1.61. The van der Waals surface area contributed by atoms with Crippen molar-refractivity contribution in [1.82, 2.24) is 9.88 Å². The van der Waals surface area contributed by atoms with Crippen LogP contribution in [0, 0.1) is 6.92 Å². The van der Waals surface area contributed by atoms with Crippen LogP contribution < -0.4 is 10.6 Å². The molecule has 0 bridgehead atoms. The van der Waals surface area contributed by atoms with Gasteiger partial charge in [-0.25, -0.2) is 4.98 Å². The van der Waals surface area contributed by atoms with Gasteiger partial charge >= 0.3 is 0 Å². The van der Waals surface area contributed by atoms with E-state index in [0.29, 0.717) is 17.9 Å². The van der Waals surface area contributed by atoms with Crippen molar-refractivity contribution in [1.29, 1.82) is 0 Å². The molecule has 0 saturated heterocycles. The molecule has 1 heterocycles. The van der Waals surface area contributed by atoms with Gasteiger partial charge in [-0.3, -0.25) is 14.5 Å². The third-order valence-electron chi connectivity index (χ3n) is 3.00. The number of amides is 2. The lowest BCUT2D eigenvalue weighted by Gasteiger charge is -2.15. The van der Waals surface area contributed by atoms with Gasteiger partial charge in [-0.2, -0.15) is 0 Å². The van der Waals surface area contributed by atoms with E-state index in [-0.39, 0.29) is 18.4 Å². The number of aryl methyl sites for hydroxylation is 1. The molecule has 0 radical (unpaired) electrons. The van der Waals surface area contributed by atoms with Gasteiger partial charge in [-0.05, 0) is 38.2 Å². The monoisotopic (exact) mass is 332 g/mol. The zero-order valence-electron chi connectivity index (χ0n) is 13.4. The van der Waals surface area contributed by atoms with Crippen molar-refractivity contribution in [2.24, 2.45) is 0 Å². The first-order valence-electron chi connectivity index (χ1n) is 7.19. The molecular weight excluding hydrogens is 312 g/mol. The standard InChI is InChI=1S/C16H20N4O2S/c1-11(21)17-13-4-6-14(7-5-13)19-16(22)9-20(3)8-15-10-23-12(2)18-15/h4-7,10H,8-9H2,1-3H3,(H,17,21)(H,19,22). The summed E-state index contributed by atoms with van der Waals surface area (Å²) in [6.07, 6.45) is 0. The number of nitrogens with zero attached hydrogens (tertiary/aromatic N) is 2. The van der Waals surface area contributed by atoms with Crippen LogP contribution in [-0.2, 0) is 16.1 Å². The van der Waals surface area contributed by atoms with Crippen molar-refractivity contribution in [2.45, 2.75) is 20.4 Å². The van der Waals surface area contributed by atoms with Gasteiger partial charge in [-0.15, -0.1) is 11.3 Å². The zero-order valence-corrected chi connectivity index (χ0v) is 14.2. The number of thiazole rings is 1. The summed E-state index contributed by atoms with van der Waals surface area (Å²) in [6.45, 7) is 4.34. The van der Waals surface area contributed by atoms with Crippen molar-refractivity contribution < 1.29 is 9.59 Å². The Hall–Kier alpha value is -2.25. The lowest BCUT2D eigenvalue weighted by molar-refractivity contribution is -0.117. The van der Waals surface area contributed by atoms with Crippen molar-refractivity contribution in [3.8, 4) is 0 Å². The van der Waals surface area contributed by atoms with Crippen LogP contribution in [0.15, 0.2) is 29.6 Å². The highest BCUT2D eigenvalue weighted by Crippen LogP contribution is 2.14. The number of anilines is 2. The van der Waals surface area contributed by atoms with Crippen LogP contribution >= 0.6 is 11.3 Å². The second kappa shape index (κ2) is 7.85. The molecule has 0 atom stereocenters. The first-order valence-corrected chi connectivity index (χ1v) is 8.07. The fraction of sp³-hybridized carbons (Fsp3) is 0.312. The third kappa shape index (κ3) is 5.80. The van der Waals surface area contributed by atoms with Crippen molar-refractivity contribution >= 4 is 34.5 Å². The third-order valence-corrected chi connectivity index (χ3v) is 3.82. The predicted octanol–water partition coefficient (Wildman–Crippen LogP) is 2.48. The summed E-state index contributed by atoms with van der Waals surface area (Å²) in [5, 5.41) is 8.54. The Balaban J connectivity index is 1.82. The van der Waals surface area contributed by atoms with Crippen molar-refractivity contribution in [3.63, 3.8) is 0 Å². The van der Waals surface area contributed by atoms with Crippen molar-refractivity contribution in [3.05, 3.63) is 40.3 Å². The fourth-order valence-electron chi connectivity index (χ4n) is 2.10. The van der Waals surface area contributed by atoms with Crippen LogP contribution in [0.5, 0.6) is 0 Å². The number of hydrogen-bond donors (Lipinski definition) is 2. The maximum Gasteiger partial charge on any atom is 0.238 e. The Labute approximate surface area is 139 Å². The molecule has 2 N–H and O–H groups in total. The molecule has 7 heteroatoms. The van der Waals surface area contributed by atoms with Crippen LogP contribution in [0.3, 0.4) is 0 Å². The van der Waals surface area contributed by atoms with Gasteiger partial charge in [0.05, 0.1) is 17.2 Å². The quantitative estimate of drug-likeness (QED) is 0.852. The van der Waals surface area contributed by atoms with Crippen LogP contribution in [-0.4, -0.2) is 35.3 Å². The minimum atomic E-state index is -0.124. The number of rotatable bonds is 6. The lowest BCUT2D eigenvalue weighted by Crippen LogP contribution is -2.29. The number of aromatic nitrogens is 1. The molecule has 6 nitrogen and oxygen atoms in total. The maximum atomic E-state index is 12.0. The van der Waals surface area contributed by atoms with Gasteiger partial charge < -0.3 is 10.6 Å². The number of carbonyl (C=O) groups is 2. The van der Waals surface area contributed by atoms with E-state index < -0.39 is 0 Å². The van der Waals surface area contributed by atoms with Gasteiger partial charge in [-0.1, -0.05) is 0 Å². The summed E-state index contributed by atoms with van der Waals surface area (Å²) < 4.78 is 0. The number of carbonyl (C=O) groups excluding carboxylic acids is 2. The van der Waals surface area contributed by atoms with Gasteiger partial charge in [0.1, 0.15) is 0 Å². The van der Waals surface area contributed by atoms with Gasteiger partial charge in [0, 0.05) is 30.2 Å². The summed E-state index contributed by atoms with van der Waals surface area (Å²) in [5.41, 5.74) is 2.37. The number of nitrogens with one attached hydrogen (secondary N) is 2. The molecule has 1 aromatic heterocycles. The fourth-order valence-corrected chi connectivity index (χ4v) is 2.70. The Bertz CT molecular complexity index is 682. The minimum absolute atomic E-state index is 0.0910. The zero-order chi connectivity index (χ0) is 16.8. The average molecular weight is 332 g/mol. The van der Waals surface area contributed by atoms with Gasteiger partial charge in [0.25, 0.3) is 0 Å². The molecule has 122 valence electrons.